The summed E-state index contributed by atoms with van der Waals surface area (Å²) in [7, 11) is 1.67. The minimum atomic E-state index is -0.244. The number of halogens is 1. The van der Waals surface area contributed by atoms with Gasteiger partial charge in [-0.1, -0.05) is 32.0 Å². The lowest BCUT2D eigenvalue weighted by Gasteiger charge is -2.15. The van der Waals surface area contributed by atoms with Gasteiger partial charge in [0.25, 0.3) is 0 Å². The molecule has 0 saturated carbocycles. The fourth-order valence-corrected chi connectivity index (χ4v) is 3.49. The summed E-state index contributed by atoms with van der Waals surface area (Å²) in [5, 5.41) is 7.85. The number of anilines is 1. The second-order valence-corrected chi connectivity index (χ2v) is 7.67. The van der Waals surface area contributed by atoms with Gasteiger partial charge in [0.05, 0.1) is 18.9 Å². The Balaban J connectivity index is 1.72. The first-order chi connectivity index (χ1) is 14.5. The Hall–Kier alpha value is -3.41. The van der Waals surface area contributed by atoms with Crippen molar-refractivity contribution in [1.82, 2.24) is 14.6 Å². The average Bonchev–Trinajstić information content (AvgIpc) is 3.16. The smallest absolute Gasteiger partial charge is 0.165 e. The predicted octanol–water partition coefficient (Wildman–Crippen LogP) is 5.84. The Labute approximate surface area is 175 Å². The Morgan fingerprint density at radius 3 is 2.40 bits per heavy atom. The summed E-state index contributed by atoms with van der Waals surface area (Å²) in [6.07, 6.45) is 3.70. The maximum absolute atomic E-state index is 13.2. The van der Waals surface area contributed by atoms with E-state index in [1.807, 2.05) is 31.5 Å². The molecule has 4 rings (SSSR count). The Morgan fingerprint density at radius 2 is 1.70 bits per heavy atom. The van der Waals surface area contributed by atoms with Crippen molar-refractivity contribution < 1.29 is 9.13 Å². The Bertz CT molecular complexity index is 1170. The summed E-state index contributed by atoms with van der Waals surface area (Å²) in [5.74, 6) is 1.67. The van der Waals surface area contributed by atoms with Crippen LogP contribution in [-0.4, -0.2) is 21.7 Å². The van der Waals surface area contributed by atoms with Crippen LogP contribution in [-0.2, 0) is 0 Å². The van der Waals surface area contributed by atoms with Gasteiger partial charge in [0, 0.05) is 17.8 Å². The topological polar surface area (TPSA) is 51.5 Å². The van der Waals surface area contributed by atoms with Gasteiger partial charge in [-0.3, -0.25) is 0 Å². The van der Waals surface area contributed by atoms with E-state index in [0.29, 0.717) is 5.92 Å². The molecule has 1 N–H and O–H groups in total. The number of benzene rings is 2. The molecule has 0 radical (unpaired) electrons. The molecule has 0 aliphatic rings. The fourth-order valence-electron chi connectivity index (χ4n) is 3.49. The minimum Gasteiger partial charge on any atom is -0.496 e. The van der Waals surface area contributed by atoms with Gasteiger partial charge in [-0.05, 0) is 54.3 Å². The molecule has 0 saturated heterocycles. The zero-order valence-corrected chi connectivity index (χ0v) is 17.6. The highest BCUT2D eigenvalue weighted by Crippen LogP contribution is 2.35. The number of nitrogens with zero attached hydrogens (tertiary/aromatic N) is 3. The lowest BCUT2D eigenvalue weighted by molar-refractivity contribution is 0.416. The summed E-state index contributed by atoms with van der Waals surface area (Å²) in [6.45, 7) is 6.35. The second kappa shape index (κ2) is 8.14. The van der Waals surface area contributed by atoms with Gasteiger partial charge >= 0.3 is 0 Å². The third-order valence-electron chi connectivity index (χ3n) is 5.28. The van der Waals surface area contributed by atoms with Crippen LogP contribution < -0.4 is 10.1 Å². The van der Waals surface area contributed by atoms with Gasteiger partial charge < -0.3 is 10.1 Å². The summed E-state index contributed by atoms with van der Waals surface area (Å²) in [4.78, 5) is 4.80. The quantitative estimate of drug-likeness (QED) is 0.439. The highest BCUT2D eigenvalue weighted by molar-refractivity contribution is 5.82. The van der Waals surface area contributed by atoms with Crippen molar-refractivity contribution in [1.29, 1.82) is 0 Å². The van der Waals surface area contributed by atoms with E-state index in [1.165, 1.54) is 17.7 Å². The zero-order valence-electron chi connectivity index (χ0n) is 17.6. The van der Waals surface area contributed by atoms with E-state index in [9.17, 15) is 4.39 Å². The molecule has 0 bridgehead atoms. The lowest BCUT2D eigenvalue weighted by atomic mass is 9.97. The molecule has 5 nitrogen and oxygen atoms in total. The van der Waals surface area contributed by atoms with Crippen LogP contribution in [0.4, 0.5) is 10.2 Å². The van der Waals surface area contributed by atoms with Crippen molar-refractivity contribution in [2.45, 2.75) is 32.7 Å². The van der Waals surface area contributed by atoms with Crippen LogP contribution in [0.3, 0.4) is 0 Å². The summed E-state index contributed by atoms with van der Waals surface area (Å²) in [5.41, 5.74) is 4.83. The molecule has 0 amide bonds. The predicted molar refractivity (Wildman–Crippen MR) is 118 cm³/mol. The summed E-state index contributed by atoms with van der Waals surface area (Å²) < 4.78 is 20.6. The highest BCUT2D eigenvalue weighted by atomic mass is 19.1. The fraction of sp³-hybridized carbons (Fsp3) is 0.250. The Kier molecular flexibility index (Phi) is 5.40. The maximum Gasteiger partial charge on any atom is 0.165 e. The number of fused-ring (bicyclic) bond motifs is 1. The molecule has 1 unspecified atom stereocenters. The van der Waals surface area contributed by atoms with E-state index in [0.717, 1.165) is 33.9 Å². The Morgan fingerprint density at radius 1 is 0.967 bits per heavy atom. The van der Waals surface area contributed by atoms with E-state index >= 15 is 0 Å². The molecule has 154 valence electrons. The van der Waals surface area contributed by atoms with Gasteiger partial charge in [-0.2, -0.15) is 5.10 Å². The van der Waals surface area contributed by atoms with Gasteiger partial charge in [0.15, 0.2) is 5.65 Å². The molecule has 4 aromatic rings. The molecule has 30 heavy (non-hydrogen) atoms. The lowest BCUT2D eigenvalue weighted by Crippen LogP contribution is -2.08. The van der Waals surface area contributed by atoms with E-state index in [4.69, 9.17) is 9.72 Å². The van der Waals surface area contributed by atoms with Crippen LogP contribution in [0, 0.1) is 5.82 Å². The van der Waals surface area contributed by atoms with Crippen molar-refractivity contribution in [3.8, 4) is 16.9 Å². The number of hydrogen-bond acceptors (Lipinski definition) is 4. The molecule has 2 aromatic carbocycles. The monoisotopic (exact) mass is 404 g/mol. The molecular formula is C24H25FN4O. The normalized spacial score (nSPS) is 12.3. The average molecular weight is 404 g/mol. The highest BCUT2D eigenvalue weighted by Gasteiger charge is 2.16. The summed E-state index contributed by atoms with van der Waals surface area (Å²) >= 11 is 0. The van der Waals surface area contributed by atoms with Crippen LogP contribution >= 0.6 is 0 Å². The van der Waals surface area contributed by atoms with E-state index in [1.54, 1.807) is 23.8 Å². The van der Waals surface area contributed by atoms with Crippen LogP contribution in [0.5, 0.6) is 5.75 Å². The van der Waals surface area contributed by atoms with E-state index in [2.05, 4.69) is 36.4 Å². The molecule has 1 atom stereocenters. The first-order valence-corrected chi connectivity index (χ1v) is 10.0. The zero-order chi connectivity index (χ0) is 21.3. The van der Waals surface area contributed by atoms with Gasteiger partial charge in [0.1, 0.15) is 17.4 Å². The number of methoxy groups -OCH3 is 1. The number of aromatic nitrogens is 3. The first kappa shape index (κ1) is 19.9. The van der Waals surface area contributed by atoms with Gasteiger partial charge in [0.2, 0.25) is 0 Å². The minimum absolute atomic E-state index is 0.0225. The second-order valence-electron chi connectivity index (χ2n) is 7.67. The van der Waals surface area contributed by atoms with Crippen LogP contribution in [0.15, 0.2) is 60.9 Å². The molecule has 2 heterocycles. The molecule has 6 heteroatoms. The third-order valence-corrected chi connectivity index (χ3v) is 5.28. The van der Waals surface area contributed by atoms with Gasteiger partial charge in [-0.15, -0.1) is 0 Å². The molecular weight excluding hydrogens is 379 g/mol. The van der Waals surface area contributed by atoms with Crippen molar-refractivity contribution in [3.63, 3.8) is 0 Å². The SMILES string of the molecule is COc1ccc(C(C)C)cc1-c1cnn2ccc(NC(C)c3ccc(F)cc3)nc12. The van der Waals surface area contributed by atoms with Gasteiger partial charge in [-0.25, -0.2) is 13.9 Å². The van der Waals surface area contributed by atoms with E-state index in [-0.39, 0.29) is 11.9 Å². The number of ether oxygens (including phenoxy) is 1. The van der Waals surface area contributed by atoms with Crippen molar-refractivity contribution >= 4 is 11.5 Å². The molecule has 0 aliphatic heterocycles. The van der Waals surface area contributed by atoms with Crippen LogP contribution in [0.1, 0.15) is 43.9 Å². The van der Waals surface area contributed by atoms with Crippen molar-refractivity contribution in [2.24, 2.45) is 0 Å². The van der Waals surface area contributed by atoms with Crippen LogP contribution in [0.2, 0.25) is 0 Å². The largest absolute Gasteiger partial charge is 0.496 e. The van der Waals surface area contributed by atoms with Crippen LogP contribution in [0.25, 0.3) is 16.8 Å². The number of hydrogen-bond donors (Lipinski definition) is 1. The molecule has 2 aromatic heterocycles. The van der Waals surface area contributed by atoms with Crippen molar-refractivity contribution in [2.75, 3.05) is 12.4 Å². The van der Waals surface area contributed by atoms with Crippen molar-refractivity contribution in [3.05, 3.63) is 77.9 Å². The third kappa shape index (κ3) is 3.85. The molecule has 0 aliphatic carbocycles. The van der Waals surface area contributed by atoms with E-state index < -0.39 is 0 Å². The number of rotatable bonds is 6. The standard InChI is InChI=1S/C24H25FN4O/c1-15(2)18-7-10-22(30-4)20(13-18)21-14-26-29-12-11-23(28-24(21)29)27-16(3)17-5-8-19(25)9-6-17/h5-16H,1-4H3,(H,27,28). The summed E-state index contributed by atoms with van der Waals surface area (Å²) in [6, 6.07) is 14.6. The first-order valence-electron chi connectivity index (χ1n) is 10.0. The number of nitrogens with one attached hydrogen (secondary N) is 1. The molecule has 0 spiro atoms. The molecule has 0 fully saturated rings. The maximum atomic E-state index is 13.2.